The molecule has 3 rings (SSSR count). The minimum atomic E-state index is -2.92. The smallest absolute Gasteiger partial charge is 0.236 e. The fourth-order valence-corrected chi connectivity index (χ4v) is 5.12. The summed E-state index contributed by atoms with van der Waals surface area (Å²) in [4.78, 5) is 20.2. The number of piperidine rings is 1. The van der Waals surface area contributed by atoms with E-state index in [1.54, 1.807) is 0 Å². The van der Waals surface area contributed by atoms with E-state index >= 15 is 0 Å². The van der Waals surface area contributed by atoms with Crippen molar-refractivity contribution in [2.75, 3.05) is 38.2 Å². The number of carbonyl (C=O) groups is 1. The van der Waals surface area contributed by atoms with Crippen LogP contribution >= 0.6 is 0 Å². The third-order valence-electron chi connectivity index (χ3n) is 4.81. The highest BCUT2D eigenvalue weighted by Gasteiger charge is 2.32. The molecule has 8 nitrogen and oxygen atoms in total. The molecular weight excluding hydrogens is 320 g/mol. The second-order valence-corrected chi connectivity index (χ2v) is 8.65. The summed E-state index contributed by atoms with van der Waals surface area (Å²) >= 11 is 0. The van der Waals surface area contributed by atoms with Crippen molar-refractivity contribution in [3.63, 3.8) is 0 Å². The summed E-state index contributed by atoms with van der Waals surface area (Å²) in [6.45, 7) is 1.62. The van der Waals surface area contributed by atoms with E-state index in [1.165, 1.54) is 6.39 Å². The van der Waals surface area contributed by atoms with Crippen LogP contribution in [0.4, 0.5) is 0 Å². The Morgan fingerprint density at radius 1 is 1.39 bits per heavy atom. The Balaban J connectivity index is 1.48. The number of carbonyl (C=O) groups excluding carboxylic acids is 1. The van der Waals surface area contributed by atoms with Crippen molar-refractivity contribution in [2.45, 2.75) is 31.2 Å². The Bertz CT molecular complexity index is 638. The highest BCUT2D eigenvalue weighted by atomic mass is 32.2. The van der Waals surface area contributed by atoms with Gasteiger partial charge in [-0.05, 0) is 26.3 Å². The van der Waals surface area contributed by atoms with Crippen LogP contribution in [0.15, 0.2) is 10.9 Å². The number of hydrogen-bond donors (Lipinski definition) is 0. The molecule has 0 N–H and O–H groups in total. The van der Waals surface area contributed by atoms with E-state index in [1.807, 2.05) is 16.8 Å². The molecule has 1 atom stereocenters. The first-order valence-electron chi connectivity index (χ1n) is 7.89. The van der Waals surface area contributed by atoms with Crippen LogP contribution < -0.4 is 0 Å². The SMILES string of the molecule is CN(CC(=O)N1CCC(c2ncon2)CC1)[C@@H]1CCS(=O)(=O)C1. The van der Waals surface area contributed by atoms with E-state index in [4.69, 9.17) is 4.52 Å². The molecule has 0 spiro atoms. The average Bonchev–Trinajstić information content (AvgIpc) is 3.16. The van der Waals surface area contributed by atoms with Gasteiger partial charge in [0.2, 0.25) is 12.3 Å². The van der Waals surface area contributed by atoms with Gasteiger partial charge < -0.3 is 9.42 Å². The molecule has 23 heavy (non-hydrogen) atoms. The number of hydrogen-bond acceptors (Lipinski definition) is 7. The molecule has 2 fully saturated rings. The second-order valence-electron chi connectivity index (χ2n) is 6.42. The van der Waals surface area contributed by atoms with Crippen LogP contribution in [0.25, 0.3) is 0 Å². The van der Waals surface area contributed by atoms with Crippen molar-refractivity contribution in [1.29, 1.82) is 0 Å². The van der Waals surface area contributed by atoms with Crippen LogP contribution in [-0.2, 0) is 14.6 Å². The lowest BCUT2D eigenvalue weighted by atomic mass is 9.96. The molecule has 0 aromatic carbocycles. The third-order valence-corrected chi connectivity index (χ3v) is 6.56. The molecule has 0 bridgehead atoms. The zero-order valence-corrected chi connectivity index (χ0v) is 14.0. The number of likely N-dealkylation sites (N-methyl/N-ethyl adjacent to an activating group) is 1. The van der Waals surface area contributed by atoms with Crippen molar-refractivity contribution < 1.29 is 17.7 Å². The maximum Gasteiger partial charge on any atom is 0.236 e. The fourth-order valence-electron chi connectivity index (χ4n) is 3.31. The molecule has 0 radical (unpaired) electrons. The van der Waals surface area contributed by atoms with Gasteiger partial charge in [-0.3, -0.25) is 9.69 Å². The van der Waals surface area contributed by atoms with Gasteiger partial charge in [-0.2, -0.15) is 4.98 Å². The number of sulfone groups is 1. The molecule has 2 aliphatic rings. The van der Waals surface area contributed by atoms with Crippen LogP contribution in [0.3, 0.4) is 0 Å². The second kappa shape index (κ2) is 6.56. The van der Waals surface area contributed by atoms with Gasteiger partial charge in [0, 0.05) is 25.0 Å². The molecule has 1 aromatic heterocycles. The molecule has 9 heteroatoms. The van der Waals surface area contributed by atoms with Gasteiger partial charge in [-0.25, -0.2) is 8.42 Å². The van der Waals surface area contributed by atoms with E-state index in [-0.39, 0.29) is 35.9 Å². The monoisotopic (exact) mass is 342 g/mol. The predicted molar refractivity (Wildman–Crippen MR) is 82.5 cm³/mol. The van der Waals surface area contributed by atoms with Gasteiger partial charge in [-0.1, -0.05) is 5.16 Å². The van der Waals surface area contributed by atoms with Crippen LogP contribution in [0.2, 0.25) is 0 Å². The molecule has 0 unspecified atom stereocenters. The number of aromatic nitrogens is 2. The maximum atomic E-state index is 12.4. The van der Waals surface area contributed by atoms with Gasteiger partial charge in [0.05, 0.1) is 18.1 Å². The Hall–Kier alpha value is -1.48. The highest BCUT2D eigenvalue weighted by molar-refractivity contribution is 7.91. The Labute approximate surface area is 135 Å². The molecule has 1 amide bonds. The Kier molecular flexibility index (Phi) is 4.67. The minimum Gasteiger partial charge on any atom is -0.343 e. The summed E-state index contributed by atoms with van der Waals surface area (Å²) < 4.78 is 27.9. The van der Waals surface area contributed by atoms with Gasteiger partial charge in [-0.15, -0.1) is 0 Å². The van der Waals surface area contributed by atoms with E-state index in [2.05, 4.69) is 10.1 Å². The van der Waals surface area contributed by atoms with Crippen LogP contribution in [0, 0.1) is 0 Å². The zero-order valence-electron chi connectivity index (χ0n) is 13.2. The topological polar surface area (TPSA) is 96.6 Å². The number of nitrogens with zero attached hydrogens (tertiary/aromatic N) is 4. The van der Waals surface area contributed by atoms with Crippen molar-refractivity contribution >= 4 is 15.7 Å². The average molecular weight is 342 g/mol. The van der Waals surface area contributed by atoms with E-state index < -0.39 is 9.84 Å². The predicted octanol–water partition coefficient (Wildman–Crippen LogP) is -0.105. The number of likely N-dealkylation sites (tertiary alicyclic amines) is 1. The number of rotatable bonds is 4. The van der Waals surface area contributed by atoms with Crippen molar-refractivity contribution in [1.82, 2.24) is 19.9 Å². The molecule has 128 valence electrons. The molecule has 0 aliphatic carbocycles. The number of amides is 1. The molecule has 2 saturated heterocycles. The van der Waals surface area contributed by atoms with Gasteiger partial charge in [0.25, 0.3) is 0 Å². The molecular formula is C14H22N4O4S. The fraction of sp³-hybridized carbons (Fsp3) is 0.786. The van der Waals surface area contributed by atoms with Crippen molar-refractivity contribution in [3.05, 3.63) is 12.2 Å². The minimum absolute atomic E-state index is 0.0409. The third kappa shape index (κ3) is 3.89. The van der Waals surface area contributed by atoms with E-state index in [0.29, 0.717) is 25.3 Å². The molecule has 3 heterocycles. The van der Waals surface area contributed by atoms with E-state index in [9.17, 15) is 13.2 Å². The molecule has 2 aliphatic heterocycles. The summed E-state index contributed by atoms with van der Waals surface area (Å²) in [5, 5.41) is 3.87. The lowest BCUT2D eigenvalue weighted by Gasteiger charge is -2.32. The highest BCUT2D eigenvalue weighted by Crippen LogP contribution is 2.25. The van der Waals surface area contributed by atoms with Crippen LogP contribution in [0.1, 0.15) is 31.0 Å². The van der Waals surface area contributed by atoms with E-state index in [0.717, 1.165) is 12.8 Å². The van der Waals surface area contributed by atoms with Gasteiger partial charge in [0.15, 0.2) is 15.7 Å². The molecule has 0 saturated carbocycles. The zero-order chi connectivity index (χ0) is 16.4. The van der Waals surface area contributed by atoms with Crippen molar-refractivity contribution in [3.8, 4) is 0 Å². The lowest BCUT2D eigenvalue weighted by molar-refractivity contribution is -0.133. The summed E-state index contributed by atoms with van der Waals surface area (Å²) in [5.41, 5.74) is 0. The molecule has 1 aromatic rings. The summed E-state index contributed by atoms with van der Waals surface area (Å²) in [5.74, 6) is 1.41. The standard InChI is InChI=1S/C14H22N4O4S/c1-17(12-4-7-23(20,21)9-12)8-13(19)18-5-2-11(3-6-18)14-15-10-22-16-14/h10-12H,2-9H2,1H3/t12-/m1/s1. The van der Waals surface area contributed by atoms with Crippen LogP contribution in [0.5, 0.6) is 0 Å². The van der Waals surface area contributed by atoms with Gasteiger partial charge in [0.1, 0.15) is 0 Å². The van der Waals surface area contributed by atoms with Gasteiger partial charge >= 0.3 is 0 Å². The van der Waals surface area contributed by atoms with Crippen molar-refractivity contribution in [2.24, 2.45) is 0 Å². The van der Waals surface area contributed by atoms with Crippen LogP contribution in [-0.4, -0.2) is 78.5 Å². The Morgan fingerprint density at radius 2 is 2.13 bits per heavy atom. The summed E-state index contributed by atoms with van der Waals surface area (Å²) in [7, 11) is -1.09. The first-order valence-corrected chi connectivity index (χ1v) is 9.71. The Morgan fingerprint density at radius 3 is 2.70 bits per heavy atom. The largest absolute Gasteiger partial charge is 0.343 e. The summed E-state index contributed by atoms with van der Waals surface area (Å²) in [6, 6.07) is -0.0409. The summed E-state index contributed by atoms with van der Waals surface area (Å²) in [6.07, 6.45) is 3.60. The first kappa shape index (κ1) is 16.4. The lowest BCUT2D eigenvalue weighted by Crippen LogP contribution is -2.45. The maximum absolute atomic E-state index is 12.4. The normalized spacial score (nSPS) is 25.1. The quantitative estimate of drug-likeness (QED) is 0.753. The first-order chi connectivity index (χ1) is 10.9.